The van der Waals surface area contributed by atoms with Crippen LogP contribution in [0.15, 0.2) is 41.6 Å². The van der Waals surface area contributed by atoms with Crippen molar-refractivity contribution in [2.24, 2.45) is 0 Å². The summed E-state index contributed by atoms with van der Waals surface area (Å²) in [4.78, 5) is 30.9. The molecule has 126 valence electrons. The van der Waals surface area contributed by atoms with Gasteiger partial charge in [0.2, 0.25) is 0 Å². The quantitative estimate of drug-likeness (QED) is 0.799. The van der Waals surface area contributed by atoms with Crippen molar-refractivity contribution in [1.82, 2.24) is 15.3 Å². The summed E-state index contributed by atoms with van der Waals surface area (Å²) in [6.07, 6.45) is 9.28. The van der Waals surface area contributed by atoms with E-state index in [1.807, 2.05) is 0 Å². The van der Waals surface area contributed by atoms with Crippen molar-refractivity contribution in [3.05, 3.63) is 52.7 Å². The highest BCUT2D eigenvalue weighted by Gasteiger charge is 2.29. The maximum absolute atomic E-state index is 12.4. The van der Waals surface area contributed by atoms with Crippen LogP contribution < -0.4 is 10.9 Å². The zero-order valence-electron chi connectivity index (χ0n) is 13.4. The summed E-state index contributed by atoms with van der Waals surface area (Å²) in [6.45, 7) is 0.171. The lowest BCUT2D eigenvalue weighted by Gasteiger charge is -2.32. The molecule has 2 heterocycles. The molecule has 2 aromatic rings. The van der Waals surface area contributed by atoms with Crippen LogP contribution in [0.25, 0.3) is 11.1 Å². The van der Waals surface area contributed by atoms with Gasteiger partial charge < -0.3 is 15.4 Å². The fourth-order valence-corrected chi connectivity index (χ4v) is 3.09. The summed E-state index contributed by atoms with van der Waals surface area (Å²) >= 11 is 0. The van der Waals surface area contributed by atoms with Gasteiger partial charge in [-0.25, -0.2) is 0 Å². The molecule has 1 saturated carbocycles. The van der Waals surface area contributed by atoms with Crippen LogP contribution in [0.5, 0.6) is 0 Å². The molecule has 3 rings (SSSR count). The van der Waals surface area contributed by atoms with E-state index in [2.05, 4.69) is 15.3 Å². The number of hydrogen-bond acceptors (Lipinski definition) is 4. The van der Waals surface area contributed by atoms with E-state index in [9.17, 15) is 14.7 Å². The third-order valence-electron chi connectivity index (χ3n) is 4.52. The molecule has 6 nitrogen and oxygen atoms in total. The number of aliphatic hydroxyl groups is 1. The third kappa shape index (κ3) is 3.71. The Bertz CT molecular complexity index is 765. The van der Waals surface area contributed by atoms with Gasteiger partial charge in [0.25, 0.3) is 11.5 Å². The maximum Gasteiger partial charge on any atom is 0.260 e. The van der Waals surface area contributed by atoms with Gasteiger partial charge in [-0.15, -0.1) is 0 Å². The van der Waals surface area contributed by atoms with Crippen LogP contribution in [0, 0.1) is 0 Å². The molecule has 3 N–H and O–H groups in total. The molecule has 0 atom stereocenters. The molecule has 6 heteroatoms. The van der Waals surface area contributed by atoms with E-state index >= 15 is 0 Å². The van der Waals surface area contributed by atoms with Crippen molar-refractivity contribution >= 4 is 5.91 Å². The number of rotatable bonds is 4. The number of carbonyl (C=O) groups is 1. The number of H-pyrrole nitrogens is 1. The lowest BCUT2D eigenvalue weighted by atomic mass is 9.85. The summed E-state index contributed by atoms with van der Waals surface area (Å²) in [5.74, 6) is -0.467. The van der Waals surface area contributed by atoms with E-state index in [0.717, 1.165) is 30.4 Å². The van der Waals surface area contributed by atoms with E-state index in [0.29, 0.717) is 12.8 Å². The maximum atomic E-state index is 12.4. The standard InChI is InChI=1S/C18H21N3O3/c22-16-15(10-14(11-20-16)13-4-8-19-9-5-13)17(23)21-12-18(24)6-2-1-3-7-18/h4-5,8-11,24H,1-3,6-7,12H2,(H,20,22)(H,21,23). The highest BCUT2D eigenvalue weighted by atomic mass is 16.3. The summed E-state index contributed by atoms with van der Waals surface area (Å²) < 4.78 is 0. The second-order valence-corrected chi connectivity index (χ2v) is 6.33. The number of amides is 1. The lowest BCUT2D eigenvalue weighted by Crippen LogP contribution is -2.45. The van der Waals surface area contributed by atoms with Gasteiger partial charge in [0.15, 0.2) is 0 Å². The Kier molecular flexibility index (Phi) is 4.76. The number of pyridine rings is 2. The molecule has 0 radical (unpaired) electrons. The van der Waals surface area contributed by atoms with Crippen LogP contribution in [0.4, 0.5) is 0 Å². The van der Waals surface area contributed by atoms with Crippen LogP contribution in [0.1, 0.15) is 42.5 Å². The Labute approximate surface area is 140 Å². The van der Waals surface area contributed by atoms with E-state index < -0.39 is 17.1 Å². The molecular weight excluding hydrogens is 306 g/mol. The SMILES string of the molecule is O=C(NCC1(O)CCCCC1)c1cc(-c2ccncc2)c[nH]c1=O. The van der Waals surface area contributed by atoms with Crippen LogP contribution in [-0.4, -0.2) is 33.1 Å². The minimum Gasteiger partial charge on any atom is -0.388 e. The molecular formula is C18H21N3O3. The second-order valence-electron chi connectivity index (χ2n) is 6.33. The number of aromatic amines is 1. The molecule has 0 aromatic carbocycles. The largest absolute Gasteiger partial charge is 0.388 e. The molecule has 1 amide bonds. The first-order valence-corrected chi connectivity index (χ1v) is 8.21. The Hall–Kier alpha value is -2.47. The Balaban J connectivity index is 1.76. The summed E-state index contributed by atoms with van der Waals surface area (Å²) in [5.41, 5.74) is 0.341. The first-order valence-electron chi connectivity index (χ1n) is 8.21. The van der Waals surface area contributed by atoms with E-state index in [1.54, 1.807) is 36.8 Å². The summed E-state index contributed by atoms with van der Waals surface area (Å²) in [7, 11) is 0. The van der Waals surface area contributed by atoms with Crippen molar-refractivity contribution in [1.29, 1.82) is 0 Å². The second kappa shape index (κ2) is 6.97. The van der Waals surface area contributed by atoms with Crippen molar-refractivity contribution in [2.75, 3.05) is 6.54 Å². The number of nitrogens with one attached hydrogen (secondary N) is 2. The number of nitrogens with zero attached hydrogens (tertiary/aromatic N) is 1. The van der Waals surface area contributed by atoms with Gasteiger partial charge in [-0.2, -0.15) is 0 Å². The molecule has 1 aliphatic carbocycles. The summed E-state index contributed by atoms with van der Waals surface area (Å²) in [5, 5.41) is 13.2. The Morgan fingerprint density at radius 1 is 1.21 bits per heavy atom. The number of carbonyl (C=O) groups excluding carboxylic acids is 1. The minimum atomic E-state index is -0.858. The van der Waals surface area contributed by atoms with Crippen LogP contribution in [-0.2, 0) is 0 Å². The smallest absolute Gasteiger partial charge is 0.260 e. The Morgan fingerprint density at radius 2 is 1.92 bits per heavy atom. The zero-order valence-corrected chi connectivity index (χ0v) is 13.4. The van der Waals surface area contributed by atoms with E-state index in [1.165, 1.54) is 0 Å². The first kappa shape index (κ1) is 16.4. The molecule has 1 fully saturated rings. The fourth-order valence-electron chi connectivity index (χ4n) is 3.09. The molecule has 0 saturated heterocycles. The zero-order chi connectivity index (χ0) is 17.0. The molecule has 24 heavy (non-hydrogen) atoms. The van der Waals surface area contributed by atoms with E-state index in [-0.39, 0.29) is 12.1 Å². The third-order valence-corrected chi connectivity index (χ3v) is 4.52. The summed E-state index contributed by atoms with van der Waals surface area (Å²) in [6, 6.07) is 5.18. The molecule has 1 aliphatic rings. The average molecular weight is 327 g/mol. The molecule has 0 unspecified atom stereocenters. The van der Waals surface area contributed by atoms with Crippen LogP contribution in [0.3, 0.4) is 0 Å². The Morgan fingerprint density at radius 3 is 2.62 bits per heavy atom. The van der Waals surface area contributed by atoms with Gasteiger partial charge in [0, 0.05) is 25.1 Å². The topological polar surface area (TPSA) is 95.1 Å². The van der Waals surface area contributed by atoms with Crippen molar-refractivity contribution in [2.45, 2.75) is 37.7 Å². The van der Waals surface area contributed by atoms with Gasteiger partial charge in [-0.3, -0.25) is 14.6 Å². The van der Waals surface area contributed by atoms with Gasteiger partial charge >= 0.3 is 0 Å². The molecule has 0 spiro atoms. The average Bonchev–Trinajstić information content (AvgIpc) is 2.61. The number of aromatic nitrogens is 2. The monoisotopic (exact) mass is 327 g/mol. The molecule has 0 aliphatic heterocycles. The van der Waals surface area contributed by atoms with Gasteiger partial charge in [0.05, 0.1) is 5.60 Å². The first-order chi connectivity index (χ1) is 11.6. The molecule has 0 bridgehead atoms. The highest BCUT2D eigenvalue weighted by Crippen LogP contribution is 2.27. The predicted molar refractivity (Wildman–Crippen MR) is 90.7 cm³/mol. The lowest BCUT2D eigenvalue weighted by molar-refractivity contribution is 0.00524. The van der Waals surface area contributed by atoms with Gasteiger partial charge in [-0.1, -0.05) is 19.3 Å². The fraction of sp³-hybridized carbons (Fsp3) is 0.389. The number of hydrogen-bond donors (Lipinski definition) is 3. The van der Waals surface area contributed by atoms with E-state index in [4.69, 9.17) is 0 Å². The van der Waals surface area contributed by atoms with Crippen LogP contribution >= 0.6 is 0 Å². The van der Waals surface area contributed by atoms with Gasteiger partial charge in [-0.05, 0) is 42.2 Å². The normalized spacial score (nSPS) is 16.5. The minimum absolute atomic E-state index is 0.0451. The van der Waals surface area contributed by atoms with Gasteiger partial charge in [0.1, 0.15) is 5.56 Å². The van der Waals surface area contributed by atoms with Crippen molar-refractivity contribution in [3.63, 3.8) is 0 Å². The van der Waals surface area contributed by atoms with Crippen molar-refractivity contribution in [3.8, 4) is 11.1 Å². The molecule has 2 aromatic heterocycles. The predicted octanol–water partition coefficient (Wildman–Crippen LogP) is 1.86. The highest BCUT2D eigenvalue weighted by molar-refractivity contribution is 5.95. The van der Waals surface area contributed by atoms with Crippen molar-refractivity contribution < 1.29 is 9.90 Å². The van der Waals surface area contributed by atoms with Crippen LogP contribution in [0.2, 0.25) is 0 Å².